The molecule has 1 fully saturated rings. The number of hydrogen-bond acceptors (Lipinski definition) is 3. The van der Waals surface area contributed by atoms with Crippen LogP contribution in [0.5, 0.6) is 0 Å². The zero-order valence-corrected chi connectivity index (χ0v) is 10.4. The quantitative estimate of drug-likeness (QED) is 0.906. The molecule has 0 aromatic carbocycles. The van der Waals surface area contributed by atoms with Crippen molar-refractivity contribution in [1.82, 2.24) is 4.98 Å². The fraction of sp³-hybridized carbons (Fsp3) is 0.455. The molecule has 16 heavy (non-hydrogen) atoms. The number of nitrogens with one attached hydrogen (secondary N) is 1. The topological polar surface area (TPSA) is 51.2 Å². The van der Waals surface area contributed by atoms with Gasteiger partial charge in [0, 0.05) is 12.8 Å². The number of hydrogen-bond donors (Lipinski definition) is 1. The van der Waals surface area contributed by atoms with Crippen LogP contribution in [0, 0.1) is 5.92 Å². The van der Waals surface area contributed by atoms with Crippen LogP contribution in [-0.4, -0.2) is 24.1 Å². The Labute approximate surface area is 103 Å². The average Bonchev–Trinajstić information content (AvgIpc) is 2.33. The van der Waals surface area contributed by atoms with Crippen molar-refractivity contribution in [2.24, 2.45) is 5.92 Å². The Morgan fingerprint density at radius 1 is 1.62 bits per heavy atom. The summed E-state index contributed by atoms with van der Waals surface area (Å²) in [5.41, 5.74) is 0. The first kappa shape index (κ1) is 11.5. The molecule has 0 bridgehead atoms. The zero-order valence-electron chi connectivity index (χ0n) is 8.78. The highest BCUT2D eigenvalue weighted by Crippen LogP contribution is 2.21. The van der Waals surface area contributed by atoms with Crippen LogP contribution in [0.25, 0.3) is 0 Å². The van der Waals surface area contributed by atoms with Gasteiger partial charge in [-0.15, -0.1) is 0 Å². The lowest BCUT2D eigenvalue weighted by atomic mass is 10.0. The molecule has 1 unspecified atom stereocenters. The number of halogens is 1. The van der Waals surface area contributed by atoms with Gasteiger partial charge in [0.1, 0.15) is 5.82 Å². The van der Waals surface area contributed by atoms with E-state index < -0.39 is 0 Å². The van der Waals surface area contributed by atoms with E-state index in [1.54, 1.807) is 6.20 Å². The number of carbonyl (C=O) groups is 1. The number of aromatic nitrogens is 1. The molecule has 1 aliphatic rings. The molecule has 1 saturated heterocycles. The van der Waals surface area contributed by atoms with Crippen LogP contribution in [0.1, 0.15) is 12.8 Å². The highest BCUT2D eigenvalue weighted by Gasteiger charge is 2.22. The monoisotopic (exact) mass is 284 g/mol. The second kappa shape index (κ2) is 5.41. The Bertz CT molecular complexity index is 378. The van der Waals surface area contributed by atoms with Crippen molar-refractivity contribution >= 4 is 27.7 Å². The molecule has 86 valence electrons. The van der Waals surface area contributed by atoms with E-state index in [1.165, 1.54) is 0 Å². The lowest BCUT2D eigenvalue weighted by Gasteiger charge is -2.21. The fourth-order valence-electron chi connectivity index (χ4n) is 1.64. The van der Waals surface area contributed by atoms with Crippen molar-refractivity contribution in [3.8, 4) is 0 Å². The minimum Gasteiger partial charge on any atom is -0.381 e. The van der Waals surface area contributed by atoms with E-state index >= 15 is 0 Å². The van der Waals surface area contributed by atoms with Crippen molar-refractivity contribution in [3.63, 3.8) is 0 Å². The third-order valence-corrected chi connectivity index (χ3v) is 3.17. The van der Waals surface area contributed by atoms with Crippen LogP contribution in [-0.2, 0) is 9.53 Å². The largest absolute Gasteiger partial charge is 0.381 e. The van der Waals surface area contributed by atoms with Gasteiger partial charge in [-0.25, -0.2) is 4.98 Å². The van der Waals surface area contributed by atoms with Crippen molar-refractivity contribution in [2.45, 2.75) is 12.8 Å². The van der Waals surface area contributed by atoms with Gasteiger partial charge in [-0.3, -0.25) is 4.79 Å². The molecule has 0 radical (unpaired) electrons. The molecule has 1 N–H and O–H groups in total. The first-order valence-electron chi connectivity index (χ1n) is 5.26. The Morgan fingerprint density at radius 3 is 3.19 bits per heavy atom. The van der Waals surface area contributed by atoms with Gasteiger partial charge in [-0.05, 0) is 40.9 Å². The summed E-state index contributed by atoms with van der Waals surface area (Å²) in [6, 6.07) is 3.66. The lowest BCUT2D eigenvalue weighted by Crippen LogP contribution is -2.30. The van der Waals surface area contributed by atoms with Crippen molar-refractivity contribution in [1.29, 1.82) is 0 Å². The molecule has 1 aliphatic heterocycles. The Morgan fingerprint density at radius 2 is 2.50 bits per heavy atom. The minimum atomic E-state index is -0.0531. The van der Waals surface area contributed by atoms with Gasteiger partial charge >= 0.3 is 0 Å². The maximum Gasteiger partial charge on any atom is 0.230 e. The summed E-state index contributed by atoms with van der Waals surface area (Å²) < 4.78 is 6.07. The molecule has 1 aromatic heterocycles. The van der Waals surface area contributed by atoms with Gasteiger partial charge in [0.05, 0.1) is 17.0 Å². The van der Waals surface area contributed by atoms with Crippen LogP contribution in [0.2, 0.25) is 0 Å². The number of ether oxygens (including phenoxy) is 1. The van der Waals surface area contributed by atoms with Gasteiger partial charge in [0.2, 0.25) is 5.91 Å². The second-order valence-corrected chi connectivity index (χ2v) is 4.59. The summed E-state index contributed by atoms with van der Waals surface area (Å²) in [5, 5.41) is 2.80. The lowest BCUT2D eigenvalue weighted by molar-refractivity contribution is -0.123. The van der Waals surface area contributed by atoms with E-state index in [-0.39, 0.29) is 11.8 Å². The Hall–Kier alpha value is -0.940. The predicted octanol–water partition coefficient (Wildman–Crippen LogP) is 2.21. The molecule has 4 nitrogen and oxygen atoms in total. The molecule has 2 heterocycles. The number of amides is 1. The van der Waals surface area contributed by atoms with Gasteiger partial charge in [-0.2, -0.15) is 0 Å². The van der Waals surface area contributed by atoms with Crippen molar-refractivity contribution in [3.05, 3.63) is 22.8 Å². The molecule has 1 aromatic rings. The average molecular weight is 285 g/mol. The van der Waals surface area contributed by atoms with E-state index in [0.29, 0.717) is 12.4 Å². The molecule has 1 atom stereocenters. The number of pyridine rings is 1. The standard InChI is InChI=1S/C11H13BrN2O2/c12-9-4-1-5-13-10(9)14-11(15)8-3-2-6-16-7-8/h1,4-5,8H,2-3,6-7H2,(H,13,14,15). The third-order valence-electron chi connectivity index (χ3n) is 2.53. The van der Waals surface area contributed by atoms with Crippen LogP contribution in [0.3, 0.4) is 0 Å². The highest BCUT2D eigenvalue weighted by molar-refractivity contribution is 9.10. The summed E-state index contributed by atoms with van der Waals surface area (Å²) in [6.07, 6.45) is 3.48. The molecule has 5 heteroatoms. The molecule has 1 amide bonds. The second-order valence-electron chi connectivity index (χ2n) is 3.74. The Balaban J connectivity index is 1.99. The Kier molecular flexibility index (Phi) is 3.90. The maximum absolute atomic E-state index is 11.9. The maximum atomic E-state index is 11.9. The van der Waals surface area contributed by atoms with E-state index in [9.17, 15) is 4.79 Å². The van der Waals surface area contributed by atoms with E-state index in [0.717, 1.165) is 23.9 Å². The molecule has 0 spiro atoms. The zero-order chi connectivity index (χ0) is 11.4. The molecule has 0 aliphatic carbocycles. The van der Waals surface area contributed by atoms with Gasteiger partial charge < -0.3 is 10.1 Å². The van der Waals surface area contributed by atoms with Crippen molar-refractivity contribution in [2.75, 3.05) is 18.5 Å². The van der Waals surface area contributed by atoms with E-state index in [1.807, 2.05) is 12.1 Å². The SMILES string of the molecule is O=C(Nc1ncccc1Br)C1CCCOC1. The number of nitrogens with zero attached hydrogens (tertiary/aromatic N) is 1. The van der Waals surface area contributed by atoms with Crippen molar-refractivity contribution < 1.29 is 9.53 Å². The summed E-state index contributed by atoms with van der Waals surface area (Å²) in [4.78, 5) is 16.0. The van der Waals surface area contributed by atoms with Gasteiger partial charge in [0.15, 0.2) is 0 Å². The van der Waals surface area contributed by atoms with Gasteiger partial charge in [0.25, 0.3) is 0 Å². The summed E-state index contributed by atoms with van der Waals surface area (Å²) in [7, 11) is 0. The van der Waals surface area contributed by atoms with Crippen LogP contribution in [0.4, 0.5) is 5.82 Å². The summed E-state index contributed by atoms with van der Waals surface area (Å²) in [5.74, 6) is 0.500. The normalized spacial score (nSPS) is 20.4. The highest BCUT2D eigenvalue weighted by atomic mass is 79.9. The van der Waals surface area contributed by atoms with E-state index in [2.05, 4.69) is 26.2 Å². The summed E-state index contributed by atoms with van der Waals surface area (Å²) in [6.45, 7) is 1.27. The van der Waals surface area contributed by atoms with Crippen LogP contribution in [0.15, 0.2) is 22.8 Å². The predicted molar refractivity (Wildman–Crippen MR) is 64.1 cm³/mol. The number of rotatable bonds is 2. The van der Waals surface area contributed by atoms with Crippen LogP contribution >= 0.6 is 15.9 Å². The first-order chi connectivity index (χ1) is 7.77. The van der Waals surface area contributed by atoms with Gasteiger partial charge in [-0.1, -0.05) is 0 Å². The summed E-state index contributed by atoms with van der Waals surface area (Å²) >= 11 is 3.34. The molecular formula is C11H13BrN2O2. The molecule has 2 rings (SSSR count). The van der Waals surface area contributed by atoms with E-state index in [4.69, 9.17) is 4.74 Å². The minimum absolute atomic E-state index is 0.0147. The molecule has 0 saturated carbocycles. The first-order valence-corrected chi connectivity index (χ1v) is 6.06. The number of carbonyl (C=O) groups excluding carboxylic acids is 1. The fourth-order valence-corrected chi connectivity index (χ4v) is 2.00. The molecular weight excluding hydrogens is 272 g/mol. The number of anilines is 1. The third kappa shape index (κ3) is 2.80. The van der Waals surface area contributed by atoms with Crippen LogP contribution < -0.4 is 5.32 Å². The smallest absolute Gasteiger partial charge is 0.230 e.